The molecule has 0 fully saturated rings. The van der Waals surface area contributed by atoms with Gasteiger partial charge < -0.3 is 0 Å². The maximum absolute atomic E-state index is 11.0. The van der Waals surface area contributed by atoms with Crippen LogP contribution in [0.4, 0.5) is 0 Å². The van der Waals surface area contributed by atoms with E-state index in [1.165, 1.54) is 11.3 Å². The van der Waals surface area contributed by atoms with Crippen molar-refractivity contribution in [2.45, 2.75) is 6.42 Å². The molecule has 0 unspecified atom stereocenters. The fraction of sp³-hybridized carbons (Fsp3) is 0.111. The zero-order chi connectivity index (χ0) is 10.4. The predicted molar refractivity (Wildman–Crippen MR) is 53.1 cm³/mol. The molecule has 3 N–H and O–H groups in total. The molecule has 14 heavy (non-hydrogen) atoms. The van der Waals surface area contributed by atoms with Crippen LogP contribution in [-0.2, 0) is 0 Å². The lowest BCUT2D eigenvalue weighted by molar-refractivity contribution is 0.0957. The van der Waals surface area contributed by atoms with E-state index in [1.807, 2.05) is 11.5 Å². The van der Waals surface area contributed by atoms with Gasteiger partial charge in [0, 0.05) is 0 Å². The molecule has 0 spiro atoms. The summed E-state index contributed by atoms with van der Waals surface area (Å²) in [6, 6.07) is 5.27. The average molecular weight is 205 g/mol. The zero-order valence-corrected chi connectivity index (χ0v) is 8.02. The lowest BCUT2D eigenvalue weighted by atomic mass is 10.4. The van der Waals surface area contributed by atoms with E-state index in [-0.39, 0.29) is 12.3 Å². The van der Waals surface area contributed by atoms with Gasteiger partial charge in [0.25, 0.3) is 5.91 Å². The molecule has 0 aliphatic carbocycles. The van der Waals surface area contributed by atoms with E-state index >= 15 is 0 Å². The van der Waals surface area contributed by atoms with Gasteiger partial charge in [-0.05, 0) is 12.1 Å². The molecule has 1 aromatic rings. The van der Waals surface area contributed by atoms with E-state index in [4.69, 9.17) is 11.1 Å². The van der Waals surface area contributed by atoms with Crippen LogP contribution in [0.2, 0.25) is 0 Å². The van der Waals surface area contributed by atoms with E-state index in [9.17, 15) is 4.79 Å². The van der Waals surface area contributed by atoms with Crippen molar-refractivity contribution in [2.75, 3.05) is 0 Å². The molecule has 0 aliphatic rings. The summed E-state index contributed by atoms with van der Waals surface area (Å²) < 4.78 is 0. The molecule has 1 amide bonds. The van der Waals surface area contributed by atoms with Gasteiger partial charge in [0.15, 0.2) is 0 Å². The topological polar surface area (TPSA) is 78.9 Å². The lowest BCUT2D eigenvalue weighted by Gasteiger charge is -1.91. The average Bonchev–Trinajstić information content (AvgIpc) is 2.66. The number of hydrazine groups is 1. The first-order valence-electron chi connectivity index (χ1n) is 3.74. The number of nitrogens with zero attached hydrogens (tertiary/aromatic N) is 1. The molecule has 4 nitrogen and oxygen atoms in total. The summed E-state index contributed by atoms with van der Waals surface area (Å²) in [5, 5.41) is 8.25. The van der Waals surface area contributed by atoms with Gasteiger partial charge in [-0.15, -0.1) is 11.3 Å². The predicted octanol–water partition coefficient (Wildman–Crippen LogP) is 0.617. The number of carbonyl (C=O) groups is 1. The van der Waals surface area contributed by atoms with Crippen LogP contribution in [0.3, 0.4) is 0 Å². The Kier molecular flexibility index (Phi) is 3.69. The summed E-state index contributed by atoms with van der Waals surface area (Å²) in [6.07, 6.45) is 0.191. The third-order valence-corrected chi connectivity index (χ3v) is 2.34. The fourth-order valence-corrected chi connectivity index (χ4v) is 1.55. The highest BCUT2D eigenvalue weighted by Crippen LogP contribution is 2.14. The maximum atomic E-state index is 11.0. The second-order valence-corrected chi connectivity index (χ2v) is 3.36. The van der Waals surface area contributed by atoms with Crippen molar-refractivity contribution < 1.29 is 4.79 Å². The number of rotatable bonds is 1. The number of carbonyl (C=O) groups excluding carboxylic acids is 1. The molecule has 1 heterocycles. The maximum Gasteiger partial charge on any atom is 0.275 e. The monoisotopic (exact) mass is 205 g/mol. The van der Waals surface area contributed by atoms with Crippen LogP contribution in [0.1, 0.15) is 21.0 Å². The molecule has 0 atom stereocenters. The number of hydrogen-bond donors (Lipinski definition) is 2. The van der Waals surface area contributed by atoms with Crippen molar-refractivity contribution in [1.29, 1.82) is 5.26 Å². The summed E-state index contributed by atoms with van der Waals surface area (Å²) >= 11 is 1.24. The van der Waals surface area contributed by atoms with E-state index in [0.29, 0.717) is 4.88 Å². The molecule has 5 heteroatoms. The quantitative estimate of drug-likeness (QED) is 0.305. The molecule has 1 rings (SSSR count). The highest BCUT2D eigenvalue weighted by atomic mass is 32.1. The van der Waals surface area contributed by atoms with Crippen LogP contribution in [-0.4, -0.2) is 5.91 Å². The summed E-state index contributed by atoms with van der Waals surface area (Å²) in [6.45, 7) is 0. The number of amides is 1. The lowest BCUT2D eigenvalue weighted by Crippen LogP contribution is -2.29. The van der Waals surface area contributed by atoms with Gasteiger partial charge in [0.05, 0.1) is 22.2 Å². The minimum atomic E-state index is -0.330. The standard InChI is InChI=1S/C9H7N3OS/c10-6-2-1-3-7-4-5-8(14-7)9(13)12-11/h4-5H,2,11H2,(H,12,13). The molecule has 0 radical (unpaired) electrons. The van der Waals surface area contributed by atoms with Gasteiger partial charge in [-0.2, -0.15) is 5.26 Å². The highest BCUT2D eigenvalue weighted by molar-refractivity contribution is 7.14. The third-order valence-electron chi connectivity index (χ3n) is 1.34. The number of nitrogen functional groups attached to an aromatic ring is 1. The number of hydrogen-bond acceptors (Lipinski definition) is 4. The van der Waals surface area contributed by atoms with E-state index < -0.39 is 0 Å². The Hall–Kier alpha value is -1.82. The van der Waals surface area contributed by atoms with E-state index in [0.717, 1.165) is 4.88 Å². The highest BCUT2D eigenvalue weighted by Gasteiger charge is 2.05. The second-order valence-electron chi connectivity index (χ2n) is 2.27. The Labute approximate surface area is 85.3 Å². The molecule has 70 valence electrons. The third kappa shape index (κ3) is 2.60. The molecule has 0 saturated carbocycles. The minimum Gasteiger partial charge on any atom is -0.289 e. The van der Waals surface area contributed by atoms with Crippen molar-refractivity contribution in [3.05, 3.63) is 21.9 Å². The van der Waals surface area contributed by atoms with E-state index in [2.05, 4.69) is 11.8 Å². The molecular formula is C9H7N3OS. The largest absolute Gasteiger partial charge is 0.289 e. The summed E-state index contributed by atoms with van der Waals surface area (Å²) in [7, 11) is 0. The van der Waals surface area contributed by atoms with E-state index in [1.54, 1.807) is 12.1 Å². The number of nitriles is 1. The molecular weight excluding hydrogens is 198 g/mol. The number of thiophene rings is 1. The van der Waals surface area contributed by atoms with Gasteiger partial charge in [-0.3, -0.25) is 10.2 Å². The van der Waals surface area contributed by atoms with Crippen molar-refractivity contribution >= 4 is 17.2 Å². The first-order chi connectivity index (χ1) is 6.77. The fourth-order valence-electron chi connectivity index (χ4n) is 0.769. The Morgan fingerprint density at radius 3 is 3.07 bits per heavy atom. The SMILES string of the molecule is N#CCC#Cc1ccc(C(=O)NN)s1. The molecule has 1 aromatic heterocycles. The Balaban J connectivity index is 2.76. The van der Waals surface area contributed by atoms with Gasteiger partial charge >= 0.3 is 0 Å². The first-order valence-corrected chi connectivity index (χ1v) is 4.56. The minimum absolute atomic E-state index is 0.191. The van der Waals surface area contributed by atoms with Crippen LogP contribution in [0.15, 0.2) is 12.1 Å². The molecule has 0 aliphatic heterocycles. The second kappa shape index (κ2) is 5.03. The van der Waals surface area contributed by atoms with Gasteiger partial charge in [-0.1, -0.05) is 11.8 Å². The summed E-state index contributed by atoms with van der Waals surface area (Å²) in [5.74, 6) is 10.1. The molecule has 0 aromatic carbocycles. The van der Waals surface area contributed by atoms with Crippen LogP contribution >= 0.6 is 11.3 Å². The number of nitrogens with two attached hydrogens (primary N) is 1. The molecule has 0 bridgehead atoms. The summed E-state index contributed by atoms with van der Waals surface area (Å²) in [4.78, 5) is 12.3. The van der Waals surface area contributed by atoms with Gasteiger partial charge in [0.2, 0.25) is 0 Å². The van der Waals surface area contributed by atoms with Gasteiger partial charge in [0.1, 0.15) is 0 Å². The number of nitrogens with one attached hydrogen (secondary N) is 1. The Morgan fingerprint density at radius 2 is 2.43 bits per heavy atom. The zero-order valence-electron chi connectivity index (χ0n) is 7.20. The van der Waals surface area contributed by atoms with Crippen molar-refractivity contribution in [3.8, 4) is 17.9 Å². The van der Waals surface area contributed by atoms with Crippen LogP contribution in [0.5, 0.6) is 0 Å². The van der Waals surface area contributed by atoms with Crippen molar-refractivity contribution in [2.24, 2.45) is 5.84 Å². The molecule has 0 saturated heterocycles. The normalized spacial score (nSPS) is 8.29. The Bertz CT molecular complexity index is 433. The van der Waals surface area contributed by atoms with Crippen LogP contribution in [0, 0.1) is 23.2 Å². The smallest absolute Gasteiger partial charge is 0.275 e. The van der Waals surface area contributed by atoms with Crippen molar-refractivity contribution in [3.63, 3.8) is 0 Å². The Morgan fingerprint density at radius 1 is 1.64 bits per heavy atom. The van der Waals surface area contributed by atoms with Crippen LogP contribution in [0.25, 0.3) is 0 Å². The summed E-state index contributed by atoms with van der Waals surface area (Å²) in [5.41, 5.74) is 2.03. The van der Waals surface area contributed by atoms with Crippen LogP contribution < -0.4 is 11.3 Å². The van der Waals surface area contributed by atoms with Gasteiger partial charge in [-0.25, -0.2) is 5.84 Å². The first kappa shape index (κ1) is 10.3. The van der Waals surface area contributed by atoms with Crippen molar-refractivity contribution in [1.82, 2.24) is 5.43 Å².